The lowest BCUT2D eigenvalue weighted by Gasteiger charge is -1.98. The number of nitro benzene ring substituents is 1. The third-order valence-corrected chi connectivity index (χ3v) is 2.20. The molecule has 1 heterocycles. The molecular formula is C10H7N3O5. The number of aryl methyl sites for hydroxylation is 1. The van der Waals surface area contributed by atoms with Gasteiger partial charge in [0.05, 0.1) is 4.92 Å². The number of carboxylic acid groups (broad SMARTS) is 1. The fourth-order valence-electron chi connectivity index (χ4n) is 1.40. The Hall–Kier alpha value is -2.77. The molecule has 1 aromatic carbocycles. The average molecular weight is 249 g/mol. The summed E-state index contributed by atoms with van der Waals surface area (Å²) in [6.45, 7) is 1.74. The Labute approximate surface area is 100 Å². The van der Waals surface area contributed by atoms with Crippen molar-refractivity contribution in [2.75, 3.05) is 0 Å². The van der Waals surface area contributed by atoms with Crippen molar-refractivity contribution in [2.24, 2.45) is 0 Å². The summed E-state index contributed by atoms with van der Waals surface area (Å²) >= 11 is 0. The topological polar surface area (TPSA) is 119 Å². The summed E-state index contributed by atoms with van der Waals surface area (Å²) in [5, 5.41) is 22.7. The van der Waals surface area contributed by atoms with Crippen molar-refractivity contribution in [2.45, 2.75) is 6.92 Å². The molecule has 2 aromatic rings. The fourth-order valence-corrected chi connectivity index (χ4v) is 1.40. The van der Waals surface area contributed by atoms with Crippen LogP contribution >= 0.6 is 0 Å². The van der Waals surface area contributed by atoms with E-state index in [-0.39, 0.29) is 17.1 Å². The summed E-state index contributed by atoms with van der Waals surface area (Å²) in [6, 6.07) is 4.35. The van der Waals surface area contributed by atoms with Crippen LogP contribution in [0.4, 0.5) is 5.69 Å². The predicted molar refractivity (Wildman–Crippen MR) is 58.1 cm³/mol. The van der Waals surface area contributed by atoms with E-state index in [4.69, 9.17) is 9.63 Å². The van der Waals surface area contributed by atoms with Crippen molar-refractivity contribution in [3.63, 3.8) is 0 Å². The largest absolute Gasteiger partial charge is 0.475 e. The lowest BCUT2D eigenvalue weighted by Crippen LogP contribution is -1.98. The maximum Gasteiger partial charge on any atom is 0.377 e. The lowest BCUT2D eigenvalue weighted by atomic mass is 10.1. The molecule has 92 valence electrons. The van der Waals surface area contributed by atoms with Gasteiger partial charge in [0.2, 0.25) is 0 Å². The van der Waals surface area contributed by atoms with Crippen LogP contribution < -0.4 is 0 Å². The average Bonchev–Trinajstić information content (AvgIpc) is 2.77. The summed E-state index contributed by atoms with van der Waals surface area (Å²) in [6.07, 6.45) is 0. The second-order valence-electron chi connectivity index (χ2n) is 3.51. The Kier molecular flexibility index (Phi) is 2.76. The van der Waals surface area contributed by atoms with Gasteiger partial charge in [-0.25, -0.2) is 4.79 Å². The van der Waals surface area contributed by atoms with Gasteiger partial charge in [0.25, 0.3) is 17.4 Å². The molecule has 0 aliphatic carbocycles. The molecule has 0 radical (unpaired) electrons. The number of hydrogen-bond acceptors (Lipinski definition) is 6. The van der Waals surface area contributed by atoms with Crippen LogP contribution in [0.15, 0.2) is 22.7 Å². The van der Waals surface area contributed by atoms with Crippen LogP contribution in [0.1, 0.15) is 16.2 Å². The zero-order chi connectivity index (χ0) is 13.3. The minimum Gasteiger partial charge on any atom is -0.475 e. The SMILES string of the molecule is Cc1ccc([N+](=O)[O-])c(-c2nc(C(=O)O)no2)c1. The Morgan fingerprint density at radius 1 is 1.50 bits per heavy atom. The Balaban J connectivity index is 2.57. The van der Waals surface area contributed by atoms with E-state index in [0.717, 1.165) is 5.56 Å². The molecule has 0 bridgehead atoms. The Morgan fingerprint density at radius 3 is 2.78 bits per heavy atom. The molecule has 0 saturated carbocycles. The van der Waals surface area contributed by atoms with Crippen LogP contribution in [-0.2, 0) is 0 Å². The number of carbonyl (C=O) groups is 1. The third kappa shape index (κ3) is 2.03. The van der Waals surface area contributed by atoms with E-state index >= 15 is 0 Å². The van der Waals surface area contributed by atoms with Crippen LogP contribution in [0.2, 0.25) is 0 Å². The highest BCUT2D eigenvalue weighted by Gasteiger charge is 2.22. The fraction of sp³-hybridized carbons (Fsp3) is 0.100. The molecule has 1 N–H and O–H groups in total. The van der Waals surface area contributed by atoms with Crippen molar-refractivity contribution in [3.8, 4) is 11.5 Å². The minimum absolute atomic E-state index is 0.0972. The van der Waals surface area contributed by atoms with Crippen LogP contribution in [0, 0.1) is 17.0 Å². The molecule has 1 aromatic heterocycles. The Morgan fingerprint density at radius 2 is 2.22 bits per heavy atom. The van der Waals surface area contributed by atoms with Crippen molar-refractivity contribution in [3.05, 3.63) is 39.7 Å². The highest BCUT2D eigenvalue weighted by atomic mass is 16.6. The molecule has 8 heteroatoms. The number of rotatable bonds is 3. The monoisotopic (exact) mass is 249 g/mol. The van der Waals surface area contributed by atoms with Gasteiger partial charge in [-0.3, -0.25) is 10.1 Å². The molecule has 0 aliphatic rings. The van der Waals surface area contributed by atoms with Gasteiger partial charge in [-0.15, -0.1) is 0 Å². The zero-order valence-electron chi connectivity index (χ0n) is 9.15. The van der Waals surface area contributed by atoms with Crippen molar-refractivity contribution in [1.29, 1.82) is 0 Å². The summed E-state index contributed by atoms with van der Waals surface area (Å²) < 4.78 is 4.71. The summed E-state index contributed by atoms with van der Waals surface area (Å²) in [5.41, 5.74) is 0.631. The van der Waals surface area contributed by atoms with Crippen LogP contribution in [0.5, 0.6) is 0 Å². The zero-order valence-corrected chi connectivity index (χ0v) is 9.15. The van der Waals surface area contributed by atoms with E-state index in [1.807, 2.05) is 0 Å². The number of aromatic nitrogens is 2. The van der Waals surface area contributed by atoms with Gasteiger partial charge in [0, 0.05) is 6.07 Å². The van der Waals surface area contributed by atoms with Gasteiger partial charge in [-0.1, -0.05) is 6.07 Å². The molecule has 0 amide bonds. The number of carboxylic acids is 1. The molecular weight excluding hydrogens is 242 g/mol. The molecule has 0 unspecified atom stereocenters. The van der Waals surface area contributed by atoms with E-state index in [0.29, 0.717) is 0 Å². The highest BCUT2D eigenvalue weighted by Crippen LogP contribution is 2.29. The van der Waals surface area contributed by atoms with Crippen molar-refractivity contribution in [1.82, 2.24) is 10.1 Å². The normalized spacial score (nSPS) is 10.3. The second kappa shape index (κ2) is 4.24. The first-order chi connectivity index (χ1) is 8.49. The third-order valence-electron chi connectivity index (χ3n) is 2.20. The Bertz CT molecular complexity index is 634. The number of aromatic carboxylic acids is 1. The van der Waals surface area contributed by atoms with Gasteiger partial charge in [-0.2, -0.15) is 4.98 Å². The predicted octanol–water partition coefficient (Wildman–Crippen LogP) is 1.65. The van der Waals surface area contributed by atoms with Gasteiger partial charge in [-0.05, 0) is 23.7 Å². The number of nitro groups is 1. The first-order valence-corrected chi connectivity index (χ1v) is 4.81. The molecule has 0 aliphatic heterocycles. The van der Waals surface area contributed by atoms with Crippen molar-refractivity contribution < 1.29 is 19.3 Å². The lowest BCUT2D eigenvalue weighted by molar-refractivity contribution is -0.384. The van der Waals surface area contributed by atoms with E-state index in [9.17, 15) is 14.9 Å². The molecule has 18 heavy (non-hydrogen) atoms. The molecule has 0 atom stereocenters. The van der Waals surface area contributed by atoms with Crippen LogP contribution in [-0.4, -0.2) is 26.1 Å². The molecule has 8 nitrogen and oxygen atoms in total. The first-order valence-electron chi connectivity index (χ1n) is 4.81. The quantitative estimate of drug-likeness (QED) is 0.648. The van der Waals surface area contributed by atoms with Gasteiger partial charge in [0.15, 0.2) is 0 Å². The first kappa shape index (κ1) is 11.7. The number of hydrogen-bond donors (Lipinski definition) is 1. The summed E-state index contributed by atoms with van der Waals surface area (Å²) in [5.74, 6) is -2.09. The van der Waals surface area contributed by atoms with Gasteiger partial charge in [0.1, 0.15) is 5.56 Å². The van der Waals surface area contributed by atoms with E-state index < -0.39 is 16.7 Å². The maximum atomic E-state index is 10.8. The highest BCUT2D eigenvalue weighted by molar-refractivity contribution is 5.83. The van der Waals surface area contributed by atoms with Crippen LogP contribution in [0.25, 0.3) is 11.5 Å². The smallest absolute Gasteiger partial charge is 0.377 e. The standard InChI is InChI=1S/C10H7N3O5/c1-5-2-3-7(13(16)17)6(4-5)9-11-8(10(14)15)12-18-9/h2-4H,1H3,(H,14,15). The molecule has 0 fully saturated rings. The molecule has 2 rings (SSSR count). The summed E-state index contributed by atoms with van der Waals surface area (Å²) in [7, 11) is 0. The van der Waals surface area contributed by atoms with E-state index in [1.54, 1.807) is 13.0 Å². The summed E-state index contributed by atoms with van der Waals surface area (Å²) in [4.78, 5) is 24.4. The van der Waals surface area contributed by atoms with E-state index in [1.165, 1.54) is 12.1 Å². The molecule has 0 saturated heterocycles. The van der Waals surface area contributed by atoms with Crippen LogP contribution in [0.3, 0.4) is 0 Å². The van der Waals surface area contributed by atoms with Gasteiger partial charge < -0.3 is 9.63 Å². The minimum atomic E-state index is -1.36. The van der Waals surface area contributed by atoms with Crippen molar-refractivity contribution >= 4 is 11.7 Å². The number of nitrogens with zero attached hydrogens (tertiary/aromatic N) is 3. The van der Waals surface area contributed by atoms with E-state index in [2.05, 4.69) is 10.1 Å². The van der Waals surface area contributed by atoms with Gasteiger partial charge >= 0.3 is 5.97 Å². The maximum absolute atomic E-state index is 10.8. The molecule has 0 spiro atoms. The number of benzene rings is 1. The second-order valence-corrected chi connectivity index (χ2v) is 3.51.